The molecule has 0 fully saturated rings. The van der Waals surface area contributed by atoms with Crippen LogP contribution < -0.4 is 16.1 Å². The van der Waals surface area contributed by atoms with Gasteiger partial charge >= 0.3 is 6.03 Å². The summed E-state index contributed by atoms with van der Waals surface area (Å²) in [7, 11) is 0. The first-order chi connectivity index (χ1) is 12.3. The summed E-state index contributed by atoms with van der Waals surface area (Å²) in [5, 5.41) is 9.55. The molecule has 26 heavy (non-hydrogen) atoms. The number of nitrogens with zero attached hydrogens (tertiary/aromatic N) is 1. The van der Waals surface area contributed by atoms with Gasteiger partial charge in [0.05, 0.1) is 5.71 Å². The van der Waals surface area contributed by atoms with E-state index in [0.717, 1.165) is 11.3 Å². The van der Waals surface area contributed by atoms with Gasteiger partial charge in [0.2, 0.25) is 5.91 Å². The van der Waals surface area contributed by atoms with Crippen molar-refractivity contribution < 1.29 is 14.0 Å². The Labute approximate surface area is 150 Å². The van der Waals surface area contributed by atoms with Crippen LogP contribution in [0.3, 0.4) is 0 Å². The smallest absolute Gasteiger partial charge is 0.308 e. The van der Waals surface area contributed by atoms with Crippen molar-refractivity contribution in [3.63, 3.8) is 0 Å². The molecule has 3 N–H and O–H groups in total. The summed E-state index contributed by atoms with van der Waals surface area (Å²) < 4.78 is 12.9. The molecule has 134 valence electrons. The van der Waals surface area contributed by atoms with Gasteiger partial charge in [-0.2, -0.15) is 5.10 Å². The number of halogens is 1. The van der Waals surface area contributed by atoms with Gasteiger partial charge in [-0.25, -0.2) is 14.6 Å². The maximum absolute atomic E-state index is 12.9. The molecule has 2 aromatic carbocycles. The molecule has 0 bridgehead atoms. The van der Waals surface area contributed by atoms with Gasteiger partial charge in [0.15, 0.2) is 0 Å². The second-order valence-corrected chi connectivity index (χ2v) is 6.72. The minimum Gasteiger partial charge on any atom is -0.308 e. The first kappa shape index (κ1) is 17.6. The molecule has 2 aromatic rings. The highest BCUT2D eigenvalue weighted by molar-refractivity contribution is 6.09. The van der Waals surface area contributed by atoms with Crippen LogP contribution in [-0.2, 0) is 4.79 Å². The van der Waals surface area contributed by atoms with Crippen LogP contribution in [0, 0.1) is 11.2 Å². The second-order valence-electron chi connectivity index (χ2n) is 6.72. The Balaban J connectivity index is 1.74. The van der Waals surface area contributed by atoms with E-state index >= 15 is 0 Å². The molecule has 1 heterocycles. The molecule has 0 radical (unpaired) electrons. The number of amides is 3. The van der Waals surface area contributed by atoms with Crippen LogP contribution in [0.5, 0.6) is 0 Å². The Morgan fingerprint density at radius 1 is 1.12 bits per heavy atom. The number of hydrazone groups is 1. The number of hydrogen-bond acceptors (Lipinski definition) is 3. The fourth-order valence-corrected chi connectivity index (χ4v) is 2.82. The van der Waals surface area contributed by atoms with Crippen molar-refractivity contribution in [2.24, 2.45) is 10.5 Å². The van der Waals surface area contributed by atoms with E-state index < -0.39 is 11.4 Å². The monoisotopic (exact) mass is 354 g/mol. The van der Waals surface area contributed by atoms with Crippen LogP contribution in [0.15, 0.2) is 53.6 Å². The van der Waals surface area contributed by atoms with Crippen molar-refractivity contribution >= 4 is 29.0 Å². The van der Waals surface area contributed by atoms with Gasteiger partial charge in [0, 0.05) is 28.8 Å². The van der Waals surface area contributed by atoms with Crippen LogP contribution in [-0.4, -0.2) is 17.6 Å². The highest BCUT2D eigenvalue weighted by atomic mass is 19.1. The van der Waals surface area contributed by atoms with E-state index in [-0.39, 0.29) is 11.7 Å². The van der Waals surface area contributed by atoms with Crippen molar-refractivity contribution in [2.45, 2.75) is 20.3 Å². The number of hydrogen-bond donors (Lipinski definition) is 3. The fraction of sp³-hybridized carbons (Fsp3) is 0.211. The predicted octanol–water partition coefficient (Wildman–Crippen LogP) is 3.72. The quantitative estimate of drug-likeness (QED) is 0.785. The molecule has 6 nitrogen and oxygen atoms in total. The number of rotatable bonds is 3. The molecular formula is C19H19FN4O2. The number of nitrogens with one attached hydrogen (secondary N) is 3. The molecule has 0 aliphatic carbocycles. The van der Waals surface area contributed by atoms with Gasteiger partial charge in [-0.15, -0.1) is 0 Å². The minimum absolute atomic E-state index is 0.119. The topological polar surface area (TPSA) is 82.6 Å². The lowest BCUT2D eigenvalue weighted by molar-refractivity contribution is -0.122. The molecule has 0 atom stereocenters. The third-order valence-electron chi connectivity index (χ3n) is 4.03. The molecule has 0 saturated carbocycles. The Morgan fingerprint density at radius 3 is 2.50 bits per heavy atom. The van der Waals surface area contributed by atoms with Gasteiger partial charge in [0.25, 0.3) is 0 Å². The summed E-state index contributed by atoms with van der Waals surface area (Å²) in [6.45, 7) is 3.90. The van der Waals surface area contributed by atoms with Crippen LogP contribution in [0.1, 0.15) is 25.8 Å². The molecule has 0 unspecified atom stereocenters. The SMILES string of the molecule is CC1(C)CC(=O)NN=C1c1cccc(NC(=O)Nc2ccc(F)cc2)c1. The van der Waals surface area contributed by atoms with Crippen molar-refractivity contribution in [1.29, 1.82) is 0 Å². The highest BCUT2D eigenvalue weighted by Crippen LogP contribution is 2.30. The Hall–Kier alpha value is -3.22. The third-order valence-corrected chi connectivity index (χ3v) is 4.03. The number of anilines is 2. The predicted molar refractivity (Wildman–Crippen MR) is 98.6 cm³/mol. The Morgan fingerprint density at radius 2 is 1.81 bits per heavy atom. The van der Waals surface area contributed by atoms with Crippen molar-refractivity contribution in [1.82, 2.24) is 5.43 Å². The van der Waals surface area contributed by atoms with Gasteiger partial charge < -0.3 is 10.6 Å². The van der Waals surface area contributed by atoms with Gasteiger partial charge in [-0.1, -0.05) is 26.0 Å². The average molecular weight is 354 g/mol. The van der Waals surface area contributed by atoms with E-state index in [1.807, 2.05) is 19.9 Å². The van der Waals surface area contributed by atoms with Crippen LogP contribution in [0.2, 0.25) is 0 Å². The number of carbonyl (C=O) groups excluding carboxylic acids is 2. The van der Waals surface area contributed by atoms with Crippen molar-refractivity contribution in [3.8, 4) is 0 Å². The number of urea groups is 1. The summed E-state index contributed by atoms with van der Waals surface area (Å²) in [6.07, 6.45) is 0.342. The van der Waals surface area contributed by atoms with Crippen molar-refractivity contribution in [2.75, 3.05) is 10.6 Å². The number of carbonyl (C=O) groups is 2. The largest absolute Gasteiger partial charge is 0.323 e. The molecule has 3 amide bonds. The summed E-state index contributed by atoms with van der Waals surface area (Å²) >= 11 is 0. The zero-order chi connectivity index (χ0) is 18.7. The summed E-state index contributed by atoms with van der Waals surface area (Å²) in [5.74, 6) is -0.488. The molecule has 1 aliphatic rings. The van der Waals surface area contributed by atoms with E-state index in [2.05, 4.69) is 21.2 Å². The molecule has 1 aliphatic heterocycles. The zero-order valence-corrected chi connectivity index (χ0v) is 14.5. The Bertz CT molecular complexity index is 875. The lowest BCUT2D eigenvalue weighted by Crippen LogP contribution is -2.39. The van der Waals surface area contributed by atoms with Crippen LogP contribution in [0.25, 0.3) is 0 Å². The van der Waals surface area contributed by atoms with E-state index in [4.69, 9.17) is 0 Å². The second kappa shape index (κ2) is 6.95. The minimum atomic E-state index is -0.438. The molecule has 0 spiro atoms. The lowest BCUT2D eigenvalue weighted by atomic mass is 9.79. The molecular weight excluding hydrogens is 335 g/mol. The molecule has 0 saturated heterocycles. The molecule has 3 rings (SSSR count). The van der Waals surface area contributed by atoms with E-state index in [0.29, 0.717) is 17.8 Å². The van der Waals surface area contributed by atoms with Crippen LogP contribution >= 0.6 is 0 Å². The summed E-state index contributed by atoms with van der Waals surface area (Å²) in [4.78, 5) is 23.7. The van der Waals surface area contributed by atoms with Crippen molar-refractivity contribution in [3.05, 3.63) is 59.9 Å². The first-order valence-corrected chi connectivity index (χ1v) is 8.14. The Kier molecular flexibility index (Phi) is 4.71. The van der Waals surface area contributed by atoms with E-state index in [9.17, 15) is 14.0 Å². The maximum Gasteiger partial charge on any atom is 0.323 e. The molecule has 7 heteroatoms. The summed E-state index contributed by atoms with van der Waals surface area (Å²) in [6, 6.07) is 12.3. The van der Waals surface area contributed by atoms with E-state index in [1.54, 1.807) is 18.2 Å². The number of benzene rings is 2. The lowest BCUT2D eigenvalue weighted by Gasteiger charge is -2.29. The maximum atomic E-state index is 12.9. The van der Waals surface area contributed by atoms with E-state index in [1.165, 1.54) is 24.3 Å². The average Bonchev–Trinajstić information content (AvgIpc) is 2.56. The standard InChI is InChI=1S/C19H19FN4O2/c1-19(2)11-16(25)23-24-17(19)12-4-3-5-15(10-12)22-18(26)21-14-8-6-13(20)7-9-14/h3-10H,11H2,1-2H3,(H,23,25)(H2,21,22,26). The third kappa shape index (κ3) is 4.05. The normalized spacial score (nSPS) is 15.7. The highest BCUT2D eigenvalue weighted by Gasteiger charge is 2.33. The fourth-order valence-electron chi connectivity index (χ4n) is 2.82. The zero-order valence-electron chi connectivity index (χ0n) is 14.5. The van der Waals surface area contributed by atoms with Gasteiger partial charge in [-0.3, -0.25) is 4.79 Å². The van der Waals surface area contributed by atoms with Gasteiger partial charge in [-0.05, 0) is 36.4 Å². The molecule has 0 aromatic heterocycles. The first-order valence-electron chi connectivity index (χ1n) is 8.14. The summed E-state index contributed by atoms with van der Waals surface area (Å²) in [5.41, 5.74) is 4.73. The van der Waals surface area contributed by atoms with Crippen LogP contribution in [0.4, 0.5) is 20.6 Å². The van der Waals surface area contributed by atoms with Gasteiger partial charge in [0.1, 0.15) is 5.82 Å².